The number of hydrogen-bond acceptors (Lipinski definition) is 2. The summed E-state index contributed by atoms with van der Waals surface area (Å²) in [6, 6.07) is 27.0. The summed E-state index contributed by atoms with van der Waals surface area (Å²) in [5.41, 5.74) is 12.8. The first-order chi connectivity index (χ1) is 16.9. The molecule has 0 aliphatic carbocycles. The van der Waals surface area contributed by atoms with Crippen LogP contribution in [0.25, 0.3) is 6.08 Å². The van der Waals surface area contributed by atoms with Crippen molar-refractivity contribution in [3.8, 4) is 0 Å². The lowest BCUT2D eigenvalue weighted by Crippen LogP contribution is -2.34. The lowest BCUT2D eigenvalue weighted by molar-refractivity contribution is 0.589. The van der Waals surface area contributed by atoms with Crippen LogP contribution in [0.1, 0.15) is 95.2 Å². The Balaban J connectivity index is 1.62. The van der Waals surface area contributed by atoms with Gasteiger partial charge in [-0.15, -0.1) is 0 Å². The van der Waals surface area contributed by atoms with Crippen LogP contribution in [0.5, 0.6) is 0 Å². The quantitative estimate of drug-likeness (QED) is 0.393. The second-order valence-electron chi connectivity index (χ2n) is 12.4. The minimum absolute atomic E-state index is 0.117. The second kappa shape index (κ2) is 10.0. The smallest absolute Gasteiger partial charge is 0.0958 e. The number of hydrogen-bond donors (Lipinski definition) is 1. The normalized spacial score (nSPS) is 16.5. The lowest BCUT2D eigenvalue weighted by Gasteiger charge is -2.28. The minimum Gasteiger partial charge on any atom is -0.298 e. The highest BCUT2D eigenvalue weighted by Gasteiger charge is 2.26. The highest BCUT2D eigenvalue weighted by atomic mass is 15.5. The molecule has 3 aromatic rings. The molecule has 1 unspecified atom stereocenters. The molecule has 0 amide bonds. The Bertz CT molecular complexity index is 1210. The van der Waals surface area contributed by atoms with Crippen LogP contribution in [0.15, 0.2) is 90.6 Å². The molecule has 2 nitrogen and oxygen atoms in total. The van der Waals surface area contributed by atoms with Gasteiger partial charge in [-0.25, -0.2) is 0 Å². The molecule has 0 saturated carbocycles. The van der Waals surface area contributed by atoms with Crippen LogP contribution in [0.4, 0.5) is 5.69 Å². The predicted molar refractivity (Wildman–Crippen MR) is 156 cm³/mol. The fourth-order valence-electron chi connectivity index (χ4n) is 4.53. The Kier molecular flexibility index (Phi) is 7.18. The number of nitrogens with zero attached hydrogens (tertiary/aromatic N) is 1. The first-order valence-electron chi connectivity index (χ1n) is 13.2. The summed E-state index contributed by atoms with van der Waals surface area (Å²) in [6.07, 6.45) is 6.70. The second-order valence-corrected chi connectivity index (χ2v) is 12.4. The van der Waals surface area contributed by atoms with E-state index in [1.54, 1.807) is 0 Å². The fourth-order valence-corrected chi connectivity index (χ4v) is 4.53. The molecule has 1 N–H and O–H groups in total. The van der Waals surface area contributed by atoms with Crippen molar-refractivity contribution in [1.29, 1.82) is 0 Å². The van der Waals surface area contributed by atoms with Crippen LogP contribution in [0, 0.1) is 0 Å². The van der Waals surface area contributed by atoms with Gasteiger partial charge in [0.05, 0.1) is 17.4 Å². The van der Waals surface area contributed by atoms with E-state index in [2.05, 4.69) is 157 Å². The number of benzene rings is 3. The van der Waals surface area contributed by atoms with E-state index in [0.717, 1.165) is 5.70 Å². The Labute approximate surface area is 218 Å². The van der Waals surface area contributed by atoms with Crippen LogP contribution >= 0.6 is 0 Å². The molecule has 1 atom stereocenters. The molecule has 1 aliphatic rings. The molecular formula is C34H42N2. The molecule has 4 rings (SSSR count). The van der Waals surface area contributed by atoms with Gasteiger partial charge >= 0.3 is 0 Å². The monoisotopic (exact) mass is 478 g/mol. The van der Waals surface area contributed by atoms with Gasteiger partial charge in [-0.05, 0) is 68.8 Å². The van der Waals surface area contributed by atoms with E-state index in [1.807, 2.05) is 0 Å². The molecule has 0 aromatic heterocycles. The van der Waals surface area contributed by atoms with Crippen molar-refractivity contribution in [2.24, 2.45) is 0 Å². The first kappa shape index (κ1) is 25.8. The molecule has 2 heteroatoms. The Morgan fingerprint density at radius 3 is 1.72 bits per heavy atom. The third kappa shape index (κ3) is 5.93. The molecule has 1 aliphatic heterocycles. The van der Waals surface area contributed by atoms with Crippen LogP contribution in [0.3, 0.4) is 0 Å². The number of nitrogens with one attached hydrogen (secondary N) is 1. The molecule has 0 saturated heterocycles. The predicted octanol–water partition coefficient (Wildman–Crippen LogP) is 9.07. The third-order valence-corrected chi connectivity index (χ3v) is 7.05. The van der Waals surface area contributed by atoms with Gasteiger partial charge in [0, 0.05) is 0 Å². The molecule has 1 heterocycles. The lowest BCUT2D eigenvalue weighted by atomic mass is 9.86. The van der Waals surface area contributed by atoms with Crippen LogP contribution in [0.2, 0.25) is 0 Å². The first-order valence-corrected chi connectivity index (χ1v) is 13.2. The summed E-state index contributed by atoms with van der Waals surface area (Å²) in [7, 11) is 0. The standard InChI is InChI=1S/C34H42N2/c1-24(2)26-14-21-31(22-15-26)36-32(27-12-18-29(19-13-27)34(6,7)8)23-30(35-36)20-11-25-9-16-28(17-10-25)33(3,4)5/h9-24,32,35H,1-8H3. The fraction of sp³-hybridized carbons (Fsp3) is 0.353. The van der Waals surface area contributed by atoms with Crippen molar-refractivity contribution in [1.82, 2.24) is 5.43 Å². The van der Waals surface area contributed by atoms with Crippen molar-refractivity contribution in [2.45, 2.75) is 78.2 Å². The van der Waals surface area contributed by atoms with Gasteiger partial charge in [-0.1, -0.05) is 122 Å². The van der Waals surface area contributed by atoms with Gasteiger partial charge in [0.25, 0.3) is 0 Å². The number of allylic oxidation sites excluding steroid dienone is 1. The third-order valence-electron chi connectivity index (χ3n) is 7.05. The maximum absolute atomic E-state index is 3.66. The van der Waals surface area contributed by atoms with Gasteiger partial charge in [-0.3, -0.25) is 10.4 Å². The molecule has 188 valence electrons. The van der Waals surface area contributed by atoms with Gasteiger partial charge in [0.15, 0.2) is 0 Å². The van der Waals surface area contributed by atoms with Crippen molar-refractivity contribution >= 4 is 11.8 Å². The maximum atomic E-state index is 3.66. The Morgan fingerprint density at radius 1 is 0.694 bits per heavy atom. The van der Waals surface area contributed by atoms with E-state index in [0.29, 0.717) is 5.92 Å². The summed E-state index contributed by atoms with van der Waals surface area (Å²) in [5.74, 6) is 0.521. The summed E-state index contributed by atoms with van der Waals surface area (Å²) in [6.45, 7) is 18.0. The number of anilines is 1. The summed E-state index contributed by atoms with van der Waals surface area (Å²) in [5, 5.41) is 2.28. The van der Waals surface area contributed by atoms with Gasteiger partial charge in [0.1, 0.15) is 0 Å². The van der Waals surface area contributed by atoms with E-state index in [1.165, 1.54) is 33.5 Å². The highest BCUT2D eigenvalue weighted by Crippen LogP contribution is 2.34. The van der Waals surface area contributed by atoms with Crippen molar-refractivity contribution in [3.63, 3.8) is 0 Å². The van der Waals surface area contributed by atoms with E-state index in [4.69, 9.17) is 0 Å². The van der Waals surface area contributed by atoms with E-state index >= 15 is 0 Å². The molecule has 0 bridgehead atoms. The molecular weight excluding hydrogens is 436 g/mol. The largest absolute Gasteiger partial charge is 0.298 e. The van der Waals surface area contributed by atoms with Crippen LogP contribution in [-0.4, -0.2) is 0 Å². The van der Waals surface area contributed by atoms with E-state index in [-0.39, 0.29) is 16.9 Å². The van der Waals surface area contributed by atoms with Gasteiger partial charge < -0.3 is 0 Å². The van der Waals surface area contributed by atoms with Gasteiger partial charge in [-0.2, -0.15) is 0 Å². The van der Waals surface area contributed by atoms with Crippen molar-refractivity contribution in [3.05, 3.63) is 118 Å². The number of rotatable bonds is 5. The van der Waals surface area contributed by atoms with Crippen molar-refractivity contribution in [2.75, 3.05) is 5.01 Å². The Morgan fingerprint density at radius 2 is 1.22 bits per heavy atom. The SMILES string of the molecule is CC(C)c1ccc(N2NC(C=Cc3ccc(C(C)(C)C)cc3)=CC2c2ccc(C(C)(C)C)cc2)cc1. The molecule has 36 heavy (non-hydrogen) atoms. The zero-order chi connectivity index (χ0) is 26.1. The Hall–Kier alpha value is -3.26. The average molecular weight is 479 g/mol. The summed E-state index contributed by atoms with van der Waals surface area (Å²) in [4.78, 5) is 0. The van der Waals surface area contributed by atoms with Crippen molar-refractivity contribution < 1.29 is 0 Å². The molecule has 0 fully saturated rings. The molecule has 0 spiro atoms. The molecule has 0 radical (unpaired) electrons. The summed E-state index contributed by atoms with van der Waals surface area (Å²) >= 11 is 0. The minimum atomic E-state index is 0.117. The van der Waals surface area contributed by atoms with E-state index < -0.39 is 0 Å². The number of hydrazine groups is 1. The summed E-state index contributed by atoms with van der Waals surface area (Å²) < 4.78 is 0. The van der Waals surface area contributed by atoms with Gasteiger partial charge in [0.2, 0.25) is 0 Å². The average Bonchev–Trinajstić information content (AvgIpc) is 3.26. The highest BCUT2D eigenvalue weighted by molar-refractivity contribution is 5.59. The van der Waals surface area contributed by atoms with Crippen LogP contribution in [-0.2, 0) is 10.8 Å². The zero-order valence-electron chi connectivity index (χ0n) is 23.3. The topological polar surface area (TPSA) is 15.3 Å². The molecule has 3 aromatic carbocycles. The maximum Gasteiger partial charge on any atom is 0.0958 e. The zero-order valence-corrected chi connectivity index (χ0v) is 23.3. The van der Waals surface area contributed by atoms with E-state index in [9.17, 15) is 0 Å². The van der Waals surface area contributed by atoms with Crippen LogP contribution < -0.4 is 10.4 Å².